The number of unbranched alkanes of at least 4 members (excludes halogenated alkanes) is 2. The van der Waals surface area contributed by atoms with Crippen molar-refractivity contribution in [2.75, 3.05) is 19.7 Å². The summed E-state index contributed by atoms with van der Waals surface area (Å²) in [6, 6.07) is 10.5. The molecule has 144 valence electrons. The molecule has 0 spiro atoms. The van der Waals surface area contributed by atoms with Gasteiger partial charge in [-0.05, 0) is 51.3 Å². The predicted molar refractivity (Wildman–Crippen MR) is 108 cm³/mol. The summed E-state index contributed by atoms with van der Waals surface area (Å²) in [5, 5.41) is 0. The van der Waals surface area contributed by atoms with Crippen molar-refractivity contribution in [3.8, 4) is 0 Å². The SMILES string of the molecule is CCCCN(CCCC)C1C=CC(C(=O)OCC)(c2ccccc2)CC1. The monoisotopic (exact) mass is 357 g/mol. The standard InChI is InChI=1S/C23H35NO2/c1-4-7-18-24(19-8-5-2)21-14-16-23(17-15-21,22(25)26-6-3)20-12-10-9-11-13-20/h9-14,16,21H,4-8,15,17-19H2,1-3H3. The van der Waals surface area contributed by atoms with Crippen molar-refractivity contribution >= 4 is 5.97 Å². The molecule has 0 N–H and O–H groups in total. The lowest BCUT2D eigenvalue weighted by Crippen LogP contribution is -2.44. The Kier molecular flexibility index (Phi) is 8.37. The molecule has 0 aliphatic heterocycles. The van der Waals surface area contributed by atoms with Crippen LogP contribution in [0, 0.1) is 0 Å². The number of hydrogen-bond acceptors (Lipinski definition) is 3. The van der Waals surface area contributed by atoms with Crippen LogP contribution in [0.25, 0.3) is 0 Å². The smallest absolute Gasteiger partial charge is 0.320 e. The molecule has 1 aliphatic rings. The summed E-state index contributed by atoms with van der Waals surface area (Å²) in [5.41, 5.74) is 0.413. The zero-order valence-electron chi connectivity index (χ0n) is 16.7. The van der Waals surface area contributed by atoms with Crippen molar-refractivity contribution in [1.82, 2.24) is 4.90 Å². The van der Waals surface area contributed by atoms with Gasteiger partial charge in [0.2, 0.25) is 0 Å². The Morgan fingerprint density at radius 2 is 1.77 bits per heavy atom. The molecular weight excluding hydrogens is 322 g/mol. The molecule has 0 aromatic heterocycles. The van der Waals surface area contributed by atoms with Crippen LogP contribution in [0.15, 0.2) is 42.5 Å². The Morgan fingerprint density at radius 3 is 2.27 bits per heavy atom. The number of carbonyl (C=O) groups is 1. The number of nitrogens with zero attached hydrogens (tertiary/aromatic N) is 1. The lowest BCUT2D eigenvalue weighted by atomic mass is 9.72. The van der Waals surface area contributed by atoms with Gasteiger partial charge in [0.15, 0.2) is 0 Å². The zero-order valence-corrected chi connectivity index (χ0v) is 16.7. The van der Waals surface area contributed by atoms with Gasteiger partial charge in [0.1, 0.15) is 5.41 Å². The number of rotatable bonds is 10. The summed E-state index contributed by atoms with van der Waals surface area (Å²) in [5.74, 6) is -0.116. The number of esters is 1. The number of carbonyl (C=O) groups excluding carboxylic acids is 1. The Balaban J connectivity index is 2.23. The molecule has 1 aromatic carbocycles. The summed E-state index contributed by atoms with van der Waals surface area (Å²) >= 11 is 0. The summed E-state index contributed by atoms with van der Waals surface area (Å²) in [7, 11) is 0. The van der Waals surface area contributed by atoms with E-state index in [1.165, 1.54) is 25.7 Å². The van der Waals surface area contributed by atoms with Gasteiger partial charge in [-0.25, -0.2) is 0 Å². The second kappa shape index (κ2) is 10.5. The van der Waals surface area contributed by atoms with Crippen LogP contribution in [0.2, 0.25) is 0 Å². The molecule has 0 saturated carbocycles. The molecule has 0 bridgehead atoms. The lowest BCUT2D eigenvalue weighted by molar-refractivity contribution is -0.148. The first-order chi connectivity index (χ1) is 12.7. The van der Waals surface area contributed by atoms with E-state index in [-0.39, 0.29) is 5.97 Å². The van der Waals surface area contributed by atoms with Crippen LogP contribution in [0.4, 0.5) is 0 Å². The zero-order chi connectivity index (χ0) is 18.8. The van der Waals surface area contributed by atoms with E-state index in [0.717, 1.165) is 31.5 Å². The molecule has 0 saturated heterocycles. The van der Waals surface area contributed by atoms with Crippen molar-refractivity contribution in [1.29, 1.82) is 0 Å². The third-order valence-electron chi connectivity index (χ3n) is 5.43. The van der Waals surface area contributed by atoms with Gasteiger partial charge in [-0.15, -0.1) is 0 Å². The molecule has 0 fully saturated rings. The fourth-order valence-electron chi connectivity index (χ4n) is 3.82. The maximum Gasteiger partial charge on any atom is 0.320 e. The molecule has 2 unspecified atom stereocenters. The fourth-order valence-corrected chi connectivity index (χ4v) is 3.82. The lowest BCUT2D eigenvalue weighted by Gasteiger charge is -2.38. The third-order valence-corrected chi connectivity index (χ3v) is 5.43. The maximum atomic E-state index is 12.9. The average molecular weight is 358 g/mol. The maximum absolute atomic E-state index is 12.9. The molecule has 2 rings (SSSR count). The van der Waals surface area contributed by atoms with Crippen LogP contribution < -0.4 is 0 Å². The molecule has 0 amide bonds. The highest BCUT2D eigenvalue weighted by molar-refractivity contribution is 5.86. The summed E-state index contributed by atoms with van der Waals surface area (Å²) in [6.45, 7) is 9.07. The van der Waals surface area contributed by atoms with E-state index in [1.807, 2.05) is 37.3 Å². The van der Waals surface area contributed by atoms with Crippen molar-refractivity contribution in [2.24, 2.45) is 0 Å². The highest BCUT2D eigenvalue weighted by Gasteiger charge is 2.42. The second-order valence-electron chi connectivity index (χ2n) is 7.27. The molecule has 3 nitrogen and oxygen atoms in total. The summed E-state index contributed by atoms with van der Waals surface area (Å²) in [6.07, 6.45) is 11.1. The first kappa shape index (κ1) is 20.7. The van der Waals surface area contributed by atoms with Gasteiger partial charge in [0.25, 0.3) is 0 Å². The minimum atomic E-state index is -0.630. The van der Waals surface area contributed by atoms with Gasteiger partial charge in [0.05, 0.1) is 6.61 Å². The van der Waals surface area contributed by atoms with E-state index in [9.17, 15) is 4.79 Å². The number of ether oxygens (including phenoxy) is 1. The van der Waals surface area contributed by atoms with E-state index in [0.29, 0.717) is 12.6 Å². The van der Waals surface area contributed by atoms with Crippen molar-refractivity contribution in [3.63, 3.8) is 0 Å². The van der Waals surface area contributed by atoms with Gasteiger partial charge in [-0.1, -0.05) is 69.2 Å². The van der Waals surface area contributed by atoms with Crippen LogP contribution in [-0.2, 0) is 14.9 Å². The molecule has 3 heteroatoms. The molecule has 0 radical (unpaired) electrons. The van der Waals surface area contributed by atoms with Crippen LogP contribution >= 0.6 is 0 Å². The summed E-state index contributed by atoms with van der Waals surface area (Å²) < 4.78 is 5.46. The highest BCUT2D eigenvalue weighted by Crippen LogP contribution is 2.37. The minimum absolute atomic E-state index is 0.116. The van der Waals surface area contributed by atoms with Gasteiger partial charge < -0.3 is 4.74 Å². The van der Waals surface area contributed by atoms with Crippen molar-refractivity contribution < 1.29 is 9.53 Å². The van der Waals surface area contributed by atoms with Gasteiger partial charge in [-0.2, -0.15) is 0 Å². The topological polar surface area (TPSA) is 29.5 Å². The number of hydrogen-bond donors (Lipinski definition) is 0. The quantitative estimate of drug-likeness (QED) is 0.430. The second-order valence-corrected chi connectivity index (χ2v) is 7.27. The molecular formula is C23H35NO2. The van der Waals surface area contributed by atoms with Crippen molar-refractivity contribution in [2.45, 2.75) is 70.8 Å². The predicted octanol–water partition coefficient (Wildman–Crippen LogP) is 5.11. The highest BCUT2D eigenvalue weighted by atomic mass is 16.5. The Morgan fingerprint density at radius 1 is 1.12 bits per heavy atom. The van der Waals surface area contributed by atoms with E-state index in [4.69, 9.17) is 4.74 Å². The van der Waals surface area contributed by atoms with Gasteiger partial charge >= 0.3 is 5.97 Å². The van der Waals surface area contributed by atoms with E-state index in [1.54, 1.807) is 0 Å². The van der Waals surface area contributed by atoms with Crippen molar-refractivity contribution in [3.05, 3.63) is 48.0 Å². The van der Waals surface area contributed by atoms with Gasteiger partial charge in [-0.3, -0.25) is 9.69 Å². The fraction of sp³-hybridized carbons (Fsp3) is 0.609. The first-order valence-corrected chi connectivity index (χ1v) is 10.3. The minimum Gasteiger partial charge on any atom is -0.465 e. The normalized spacial score (nSPS) is 22.5. The van der Waals surface area contributed by atoms with E-state index >= 15 is 0 Å². The van der Waals surface area contributed by atoms with Crippen LogP contribution in [0.1, 0.15) is 64.9 Å². The molecule has 0 heterocycles. The van der Waals surface area contributed by atoms with E-state index in [2.05, 4.69) is 30.9 Å². The Hall–Kier alpha value is -1.61. The van der Waals surface area contributed by atoms with Crippen LogP contribution in [0.3, 0.4) is 0 Å². The third kappa shape index (κ3) is 4.97. The Bertz CT molecular complexity index is 561. The number of benzene rings is 1. The van der Waals surface area contributed by atoms with Crippen LogP contribution in [-0.4, -0.2) is 36.6 Å². The Labute approximate surface area is 159 Å². The largest absolute Gasteiger partial charge is 0.465 e. The molecule has 1 aliphatic carbocycles. The molecule has 2 atom stereocenters. The molecule has 1 aromatic rings. The summed E-state index contributed by atoms with van der Waals surface area (Å²) in [4.78, 5) is 15.5. The van der Waals surface area contributed by atoms with Gasteiger partial charge in [0, 0.05) is 6.04 Å². The van der Waals surface area contributed by atoms with E-state index < -0.39 is 5.41 Å². The van der Waals surface area contributed by atoms with Crippen LogP contribution in [0.5, 0.6) is 0 Å². The average Bonchev–Trinajstić information content (AvgIpc) is 2.69. The first-order valence-electron chi connectivity index (χ1n) is 10.3. The molecule has 26 heavy (non-hydrogen) atoms.